The summed E-state index contributed by atoms with van der Waals surface area (Å²) in [6.07, 6.45) is 7.31. The Morgan fingerprint density at radius 1 is 1.20 bits per heavy atom. The van der Waals surface area contributed by atoms with Gasteiger partial charge in [-0.2, -0.15) is 0 Å². The maximum atomic E-state index is 13.0. The van der Waals surface area contributed by atoms with Gasteiger partial charge < -0.3 is 14.2 Å². The highest BCUT2D eigenvalue weighted by Crippen LogP contribution is 2.70. The van der Waals surface area contributed by atoms with Crippen LogP contribution in [0.3, 0.4) is 0 Å². The SMILES string of the molecule is C[C@@H]1C[C@H]2OC(=O)[C@@]3(C)CCC[C@@](C)([C@H]23)[C@@]12CC(=O)[C@@]1(C=COC1)O2. The molecule has 0 aromatic heterocycles. The number of esters is 1. The third-order valence-electron chi connectivity index (χ3n) is 8.20. The molecule has 2 saturated carbocycles. The lowest BCUT2D eigenvalue weighted by atomic mass is 9.44. The third-order valence-corrected chi connectivity index (χ3v) is 8.20. The van der Waals surface area contributed by atoms with E-state index in [4.69, 9.17) is 14.2 Å². The summed E-state index contributed by atoms with van der Waals surface area (Å²) in [5, 5.41) is 0. The first-order valence-electron chi connectivity index (χ1n) is 9.51. The van der Waals surface area contributed by atoms with Gasteiger partial charge in [0.05, 0.1) is 17.3 Å². The molecule has 7 atom stereocenters. The number of rotatable bonds is 0. The molecule has 3 aliphatic heterocycles. The zero-order valence-corrected chi connectivity index (χ0v) is 15.2. The van der Waals surface area contributed by atoms with Crippen LogP contribution in [0.25, 0.3) is 0 Å². The Morgan fingerprint density at radius 2 is 2.00 bits per heavy atom. The Hall–Kier alpha value is -1.36. The van der Waals surface area contributed by atoms with Crippen molar-refractivity contribution in [2.45, 2.75) is 70.2 Å². The van der Waals surface area contributed by atoms with E-state index in [1.54, 1.807) is 12.3 Å². The second-order valence-electron chi connectivity index (χ2n) is 9.34. The number of Topliss-reactive ketones (excluding diaryl/α,β-unsaturated/α-hetero) is 1. The molecule has 2 saturated heterocycles. The third kappa shape index (κ3) is 1.60. The molecular weight excluding hydrogens is 320 g/mol. The van der Waals surface area contributed by atoms with Crippen LogP contribution >= 0.6 is 0 Å². The summed E-state index contributed by atoms with van der Waals surface area (Å²) in [7, 11) is 0. The van der Waals surface area contributed by atoms with Crippen LogP contribution in [0.15, 0.2) is 12.3 Å². The smallest absolute Gasteiger partial charge is 0.312 e. The summed E-state index contributed by atoms with van der Waals surface area (Å²) < 4.78 is 17.9. The number of hydrogen-bond acceptors (Lipinski definition) is 5. The molecule has 0 N–H and O–H groups in total. The van der Waals surface area contributed by atoms with E-state index < -0.39 is 16.6 Å². The Kier molecular flexibility index (Phi) is 2.84. The minimum Gasteiger partial charge on any atom is -0.498 e. The fourth-order valence-corrected chi connectivity index (χ4v) is 7.00. The molecule has 5 heteroatoms. The standard InChI is InChI=1S/C20H26O5/c1-12-9-13-15-17(2,16(22)24-13)5-4-6-18(15,3)20(12)10-14(21)19(25-20)7-8-23-11-19/h7-8,12-13,15H,4-6,9-11H2,1-3H3/t12-,13-,15-,17+,18+,19+,20-/m1/s1. The van der Waals surface area contributed by atoms with Gasteiger partial charge in [-0.05, 0) is 38.2 Å². The van der Waals surface area contributed by atoms with Gasteiger partial charge in [-0.1, -0.05) is 20.3 Å². The Labute approximate surface area is 148 Å². The summed E-state index contributed by atoms with van der Waals surface area (Å²) in [5.41, 5.74) is -2.17. The first-order chi connectivity index (χ1) is 11.8. The summed E-state index contributed by atoms with van der Waals surface area (Å²) in [5.74, 6) is 0.335. The van der Waals surface area contributed by atoms with E-state index in [-0.39, 0.29) is 41.7 Å². The normalized spacial score (nSPS) is 56.4. The van der Waals surface area contributed by atoms with Crippen molar-refractivity contribution in [2.75, 3.05) is 6.61 Å². The van der Waals surface area contributed by atoms with Crippen molar-refractivity contribution >= 4 is 11.8 Å². The fourth-order valence-electron chi connectivity index (χ4n) is 7.00. The van der Waals surface area contributed by atoms with Crippen molar-refractivity contribution in [2.24, 2.45) is 22.7 Å². The number of carbonyl (C=O) groups excluding carboxylic acids is 2. The minimum atomic E-state index is -0.929. The second-order valence-corrected chi connectivity index (χ2v) is 9.34. The summed E-state index contributed by atoms with van der Waals surface area (Å²) in [6, 6.07) is 0. The molecule has 2 spiro atoms. The summed E-state index contributed by atoms with van der Waals surface area (Å²) >= 11 is 0. The lowest BCUT2D eigenvalue weighted by Crippen LogP contribution is -2.65. The lowest BCUT2D eigenvalue weighted by Gasteiger charge is -2.61. The Bertz CT molecular complexity index is 700. The van der Waals surface area contributed by atoms with Gasteiger partial charge in [0.2, 0.25) is 0 Å². The van der Waals surface area contributed by atoms with Gasteiger partial charge in [0.25, 0.3) is 0 Å². The summed E-state index contributed by atoms with van der Waals surface area (Å²) in [4.78, 5) is 25.7. The molecule has 0 bridgehead atoms. The van der Waals surface area contributed by atoms with Crippen LogP contribution in [0.5, 0.6) is 0 Å². The molecule has 136 valence electrons. The van der Waals surface area contributed by atoms with Gasteiger partial charge in [0, 0.05) is 17.8 Å². The molecule has 0 aromatic rings. The number of hydrogen-bond donors (Lipinski definition) is 0. The number of ketones is 1. The van der Waals surface area contributed by atoms with E-state index >= 15 is 0 Å². The average molecular weight is 346 g/mol. The summed E-state index contributed by atoms with van der Waals surface area (Å²) in [6.45, 7) is 6.74. The van der Waals surface area contributed by atoms with Crippen LogP contribution in [0, 0.1) is 22.7 Å². The monoisotopic (exact) mass is 346 g/mol. The van der Waals surface area contributed by atoms with Crippen molar-refractivity contribution < 1.29 is 23.8 Å². The number of ether oxygens (including phenoxy) is 3. The highest BCUT2D eigenvalue weighted by atomic mass is 16.6. The highest BCUT2D eigenvalue weighted by Gasteiger charge is 2.75. The molecule has 25 heavy (non-hydrogen) atoms. The topological polar surface area (TPSA) is 61.8 Å². The van der Waals surface area contributed by atoms with Gasteiger partial charge in [-0.3, -0.25) is 9.59 Å². The van der Waals surface area contributed by atoms with E-state index in [1.807, 2.05) is 0 Å². The van der Waals surface area contributed by atoms with Crippen LogP contribution in [0.2, 0.25) is 0 Å². The fraction of sp³-hybridized carbons (Fsp3) is 0.800. The Balaban J connectivity index is 1.65. The minimum absolute atomic E-state index is 0.0472. The number of carbonyl (C=O) groups is 2. The lowest BCUT2D eigenvalue weighted by molar-refractivity contribution is -0.245. The van der Waals surface area contributed by atoms with E-state index in [0.29, 0.717) is 6.42 Å². The van der Waals surface area contributed by atoms with Crippen LogP contribution in [0.1, 0.15) is 52.9 Å². The van der Waals surface area contributed by atoms with Gasteiger partial charge in [-0.15, -0.1) is 0 Å². The van der Waals surface area contributed by atoms with Gasteiger partial charge in [-0.25, -0.2) is 0 Å². The molecule has 0 radical (unpaired) electrons. The van der Waals surface area contributed by atoms with Crippen LogP contribution in [-0.4, -0.2) is 35.7 Å². The highest BCUT2D eigenvalue weighted by molar-refractivity contribution is 5.93. The van der Waals surface area contributed by atoms with E-state index in [9.17, 15) is 9.59 Å². The second kappa shape index (κ2) is 4.48. The van der Waals surface area contributed by atoms with Gasteiger partial charge in [0.15, 0.2) is 11.4 Å². The molecule has 3 heterocycles. The molecule has 0 aromatic carbocycles. The van der Waals surface area contributed by atoms with Crippen molar-refractivity contribution in [3.63, 3.8) is 0 Å². The molecule has 5 nitrogen and oxygen atoms in total. The van der Waals surface area contributed by atoms with Crippen molar-refractivity contribution in [1.29, 1.82) is 0 Å². The molecule has 5 rings (SSSR count). The van der Waals surface area contributed by atoms with Gasteiger partial charge >= 0.3 is 5.97 Å². The molecule has 2 aliphatic carbocycles. The predicted octanol–water partition coefficient (Wildman–Crippen LogP) is 2.78. The maximum Gasteiger partial charge on any atom is 0.312 e. The quantitative estimate of drug-likeness (QED) is 0.631. The largest absolute Gasteiger partial charge is 0.498 e. The zero-order valence-electron chi connectivity index (χ0n) is 15.2. The number of fused-ring (bicyclic) bond motifs is 1. The first kappa shape index (κ1) is 15.9. The van der Waals surface area contributed by atoms with Crippen molar-refractivity contribution in [3.05, 3.63) is 12.3 Å². The molecule has 5 aliphatic rings. The zero-order chi connectivity index (χ0) is 17.7. The van der Waals surface area contributed by atoms with E-state index in [1.165, 1.54) is 0 Å². The molecule has 0 unspecified atom stereocenters. The van der Waals surface area contributed by atoms with Crippen molar-refractivity contribution in [3.8, 4) is 0 Å². The van der Waals surface area contributed by atoms with E-state index in [2.05, 4.69) is 20.8 Å². The van der Waals surface area contributed by atoms with Crippen LogP contribution in [-0.2, 0) is 23.8 Å². The van der Waals surface area contributed by atoms with Crippen LogP contribution in [0.4, 0.5) is 0 Å². The maximum absolute atomic E-state index is 13.0. The van der Waals surface area contributed by atoms with Crippen molar-refractivity contribution in [1.82, 2.24) is 0 Å². The average Bonchev–Trinajstić information content (AvgIpc) is 3.19. The first-order valence-corrected chi connectivity index (χ1v) is 9.51. The van der Waals surface area contributed by atoms with Gasteiger partial charge in [0.1, 0.15) is 12.7 Å². The van der Waals surface area contributed by atoms with Crippen LogP contribution < -0.4 is 0 Å². The molecule has 0 amide bonds. The molecule has 4 fully saturated rings. The Morgan fingerprint density at radius 3 is 2.72 bits per heavy atom. The molecular formula is C20H26O5. The predicted molar refractivity (Wildman–Crippen MR) is 88.5 cm³/mol. The van der Waals surface area contributed by atoms with E-state index in [0.717, 1.165) is 25.7 Å².